The van der Waals surface area contributed by atoms with Gasteiger partial charge in [-0.05, 0) is 29.9 Å². The lowest BCUT2D eigenvalue weighted by Crippen LogP contribution is -2.42. The normalized spacial score (nSPS) is 18.2. The lowest BCUT2D eigenvalue weighted by molar-refractivity contribution is -0.132. The van der Waals surface area contributed by atoms with Gasteiger partial charge in [0.05, 0.1) is 0 Å². The first kappa shape index (κ1) is 14.1. The predicted molar refractivity (Wildman–Crippen MR) is 78.0 cm³/mol. The number of hydrogen-bond donors (Lipinski definition) is 1. The molecule has 0 fully saturated rings. The van der Waals surface area contributed by atoms with Gasteiger partial charge >= 0.3 is 0 Å². The Bertz CT molecular complexity index is 442. The summed E-state index contributed by atoms with van der Waals surface area (Å²) >= 11 is 0. The Morgan fingerprint density at radius 1 is 1.42 bits per heavy atom. The average Bonchev–Trinajstić information content (AvgIpc) is 2.43. The van der Waals surface area contributed by atoms with Crippen LogP contribution < -0.4 is 5.32 Å². The zero-order valence-corrected chi connectivity index (χ0v) is 12.1. The third-order valence-corrected chi connectivity index (χ3v) is 3.77. The minimum absolute atomic E-state index is 0.165. The SMILES string of the molecule is CC(C)CCN(C)C(=O)C1NCCc2ccccc21. The molecule has 19 heavy (non-hydrogen) atoms. The summed E-state index contributed by atoms with van der Waals surface area (Å²) in [5.74, 6) is 0.814. The van der Waals surface area contributed by atoms with Crippen molar-refractivity contribution in [3.8, 4) is 0 Å². The third kappa shape index (κ3) is 3.35. The van der Waals surface area contributed by atoms with Gasteiger partial charge in [-0.25, -0.2) is 0 Å². The molecule has 0 aromatic heterocycles. The van der Waals surface area contributed by atoms with E-state index >= 15 is 0 Å². The zero-order chi connectivity index (χ0) is 13.8. The molecule has 2 rings (SSSR count). The molecule has 3 heteroatoms. The van der Waals surface area contributed by atoms with E-state index in [1.165, 1.54) is 5.56 Å². The van der Waals surface area contributed by atoms with E-state index in [-0.39, 0.29) is 11.9 Å². The van der Waals surface area contributed by atoms with Gasteiger partial charge in [-0.15, -0.1) is 0 Å². The van der Waals surface area contributed by atoms with Gasteiger partial charge in [-0.2, -0.15) is 0 Å². The van der Waals surface area contributed by atoms with Crippen LogP contribution in [-0.2, 0) is 11.2 Å². The van der Waals surface area contributed by atoms with Crippen molar-refractivity contribution in [1.82, 2.24) is 10.2 Å². The summed E-state index contributed by atoms with van der Waals surface area (Å²) in [4.78, 5) is 14.4. The van der Waals surface area contributed by atoms with Gasteiger partial charge in [-0.3, -0.25) is 4.79 Å². The molecule has 3 nitrogen and oxygen atoms in total. The number of rotatable bonds is 4. The highest BCUT2D eigenvalue weighted by atomic mass is 16.2. The molecule has 1 unspecified atom stereocenters. The summed E-state index contributed by atoms with van der Waals surface area (Å²) in [5, 5.41) is 3.35. The maximum atomic E-state index is 12.5. The highest BCUT2D eigenvalue weighted by Crippen LogP contribution is 2.24. The average molecular weight is 260 g/mol. The summed E-state index contributed by atoms with van der Waals surface area (Å²) < 4.78 is 0. The number of benzene rings is 1. The first-order chi connectivity index (χ1) is 9.09. The number of nitrogens with one attached hydrogen (secondary N) is 1. The van der Waals surface area contributed by atoms with Gasteiger partial charge in [0.25, 0.3) is 0 Å². The summed E-state index contributed by atoms with van der Waals surface area (Å²) in [6.45, 7) is 6.08. The molecule has 1 atom stereocenters. The minimum Gasteiger partial charge on any atom is -0.344 e. The molecule has 1 aliphatic heterocycles. The van der Waals surface area contributed by atoms with Crippen molar-refractivity contribution in [1.29, 1.82) is 0 Å². The Morgan fingerprint density at radius 3 is 2.89 bits per heavy atom. The molecule has 104 valence electrons. The Morgan fingerprint density at radius 2 is 2.16 bits per heavy atom. The van der Waals surface area contributed by atoms with Gasteiger partial charge in [0.1, 0.15) is 6.04 Å². The number of nitrogens with zero attached hydrogens (tertiary/aromatic N) is 1. The van der Waals surface area contributed by atoms with E-state index in [1.807, 2.05) is 24.1 Å². The smallest absolute Gasteiger partial charge is 0.244 e. The summed E-state index contributed by atoms with van der Waals surface area (Å²) in [5.41, 5.74) is 2.45. The molecule has 1 aromatic carbocycles. The molecule has 1 aliphatic rings. The Hall–Kier alpha value is -1.35. The number of hydrogen-bond acceptors (Lipinski definition) is 2. The van der Waals surface area contributed by atoms with Crippen LogP contribution in [0.25, 0.3) is 0 Å². The number of fused-ring (bicyclic) bond motifs is 1. The molecular formula is C16H24N2O. The van der Waals surface area contributed by atoms with Crippen molar-refractivity contribution in [3.63, 3.8) is 0 Å². The molecule has 1 N–H and O–H groups in total. The van der Waals surface area contributed by atoms with E-state index in [2.05, 4.69) is 31.3 Å². The van der Waals surface area contributed by atoms with Crippen molar-refractivity contribution >= 4 is 5.91 Å². The van der Waals surface area contributed by atoms with Gasteiger partial charge < -0.3 is 10.2 Å². The van der Waals surface area contributed by atoms with E-state index in [0.29, 0.717) is 5.92 Å². The van der Waals surface area contributed by atoms with E-state index in [1.54, 1.807) is 0 Å². The van der Waals surface area contributed by atoms with Gasteiger partial charge in [0, 0.05) is 20.1 Å². The summed E-state index contributed by atoms with van der Waals surface area (Å²) in [7, 11) is 1.91. The van der Waals surface area contributed by atoms with Crippen LogP contribution in [0.4, 0.5) is 0 Å². The largest absolute Gasteiger partial charge is 0.344 e. The number of amides is 1. The lowest BCUT2D eigenvalue weighted by Gasteiger charge is -2.30. The highest BCUT2D eigenvalue weighted by molar-refractivity contribution is 5.83. The molecule has 0 bridgehead atoms. The van der Waals surface area contributed by atoms with Crippen molar-refractivity contribution < 1.29 is 4.79 Å². The van der Waals surface area contributed by atoms with E-state index < -0.39 is 0 Å². The number of carbonyl (C=O) groups is 1. The van der Waals surface area contributed by atoms with Crippen LogP contribution in [0.1, 0.15) is 37.4 Å². The first-order valence-electron chi connectivity index (χ1n) is 7.15. The quantitative estimate of drug-likeness (QED) is 0.901. The maximum absolute atomic E-state index is 12.5. The summed E-state index contributed by atoms with van der Waals surface area (Å²) in [6.07, 6.45) is 2.06. The fraction of sp³-hybridized carbons (Fsp3) is 0.562. The topological polar surface area (TPSA) is 32.3 Å². The second-order valence-electron chi connectivity index (χ2n) is 5.78. The van der Waals surface area contributed by atoms with Crippen LogP contribution in [0, 0.1) is 5.92 Å². The van der Waals surface area contributed by atoms with Crippen LogP contribution in [0.5, 0.6) is 0 Å². The van der Waals surface area contributed by atoms with E-state index in [9.17, 15) is 4.79 Å². The van der Waals surface area contributed by atoms with Crippen LogP contribution in [0.3, 0.4) is 0 Å². The molecule has 0 saturated heterocycles. The Kier molecular flexibility index (Phi) is 4.59. The van der Waals surface area contributed by atoms with E-state index in [0.717, 1.165) is 31.5 Å². The fourth-order valence-corrected chi connectivity index (χ4v) is 2.51. The Labute approximate surface area is 116 Å². The van der Waals surface area contributed by atoms with Crippen LogP contribution in [0.2, 0.25) is 0 Å². The van der Waals surface area contributed by atoms with Gasteiger partial charge in [0.2, 0.25) is 5.91 Å². The highest BCUT2D eigenvalue weighted by Gasteiger charge is 2.27. The minimum atomic E-state index is -0.165. The molecule has 1 heterocycles. The second-order valence-corrected chi connectivity index (χ2v) is 5.78. The fourth-order valence-electron chi connectivity index (χ4n) is 2.51. The molecule has 1 aromatic rings. The Balaban J connectivity index is 2.08. The number of carbonyl (C=O) groups excluding carboxylic acids is 1. The second kappa shape index (κ2) is 6.20. The van der Waals surface area contributed by atoms with Crippen molar-refractivity contribution in [2.75, 3.05) is 20.1 Å². The molecule has 0 aliphatic carbocycles. The molecule has 0 spiro atoms. The lowest BCUT2D eigenvalue weighted by atomic mass is 9.93. The van der Waals surface area contributed by atoms with Crippen LogP contribution >= 0.6 is 0 Å². The van der Waals surface area contributed by atoms with Crippen molar-refractivity contribution in [2.45, 2.75) is 32.7 Å². The van der Waals surface area contributed by atoms with Crippen molar-refractivity contribution in [3.05, 3.63) is 35.4 Å². The van der Waals surface area contributed by atoms with Gasteiger partial charge in [-0.1, -0.05) is 38.1 Å². The van der Waals surface area contributed by atoms with E-state index in [4.69, 9.17) is 0 Å². The van der Waals surface area contributed by atoms with Crippen LogP contribution in [-0.4, -0.2) is 30.9 Å². The third-order valence-electron chi connectivity index (χ3n) is 3.77. The first-order valence-corrected chi connectivity index (χ1v) is 7.15. The maximum Gasteiger partial charge on any atom is 0.244 e. The molecule has 1 amide bonds. The summed E-state index contributed by atoms with van der Waals surface area (Å²) in [6, 6.07) is 8.10. The molecule has 0 radical (unpaired) electrons. The van der Waals surface area contributed by atoms with Crippen molar-refractivity contribution in [2.24, 2.45) is 5.92 Å². The molecule has 0 saturated carbocycles. The number of likely N-dealkylation sites (N-methyl/N-ethyl adjacent to an activating group) is 1. The molecular weight excluding hydrogens is 236 g/mol. The van der Waals surface area contributed by atoms with Gasteiger partial charge in [0.15, 0.2) is 0 Å². The zero-order valence-electron chi connectivity index (χ0n) is 12.1. The van der Waals surface area contributed by atoms with Crippen LogP contribution in [0.15, 0.2) is 24.3 Å². The predicted octanol–water partition coefficient (Wildman–Crippen LogP) is 2.38. The standard InChI is InChI=1S/C16H24N2O/c1-12(2)9-11-18(3)16(19)15-14-7-5-4-6-13(14)8-10-17-15/h4-7,12,15,17H,8-11H2,1-3H3. The monoisotopic (exact) mass is 260 g/mol.